The van der Waals surface area contributed by atoms with E-state index >= 15 is 0 Å². The van der Waals surface area contributed by atoms with E-state index < -0.39 is 0 Å². The number of nitrogens with zero attached hydrogens (tertiary/aromatic N) is 3. The van der Waals surface area contributed by atoms with Gasteiger partial charge >= 0.3 is 0 Å². The molecule has 2 aromatic heterocycles. The summed E-state index contributed by atoms with van der Waals surface area (Å²) in [5, 5.41) is 1.51. The monoisotopic (exact) mass is 410 g/mol. The average Bonchev–Trinajstić information content (AvgIpc) is 3.28. The Morgan fingerprint density at radius 3 is 2.80 bits per heavy atom. The number of benzene rings is 3. The van der Waals surface area contributed by atoms with Gasteiger partial charge in [-0.25, -0.2) is 9.97 Å². The van der Waals surface area contributed by atoms with Crippen LogP contribution in [0.1, 0.15) is 12.5 Å². The molecular weight excluding hydrogens is 392 g/mol. The first kappa shape index (κ1) is 17.4. The molecule has 1 atom stereocenters. The topological polar surface area (TPSA) is 54.0 Å². The van der Waals surface area contributed by atoms with Crippen LogP contribution < -0.4 is 9.64 Å². The molecule has 3 aromatic carbocycles. The van der Waals surface area contributed by atoms with E-state index in [1.54, 1.807) is 0 Å². The van der Waals surface area contributed by atoms with Crippen molar-refractivity contribution in [2.75, 3.05) is 4.90 Å². The zero-order valence-corrected chi connectivity index (χ0v) is 17.1. The zero-order valence-electron chi connectivity index (χ0n) is 16.3. The summed E-state index contributed by atoms with van der Waals surface area (Å²) < 4.78 is 6.10. The summed E-state index contributed by atoms with van der Waals surface area (Å²) >= 11 is 5.66. The Bertz CT molecular complexity index is 1460. The SMILES string of the molecule is C[C@@H]1Cc2ccccc2N1C(=S)Oc1ccc2nc3[nH]c4ccccc4c3nc2c1. The maximum absolute atomic E-state index is 6.10. The Kier molecular flexibility index (Phi) is 3.76. The van der Waals surface area contributed by atoms with Crippen LogP contribution in [0.15, 0.2) is 66.7 Å². The fourth-order valence-corrected chi connectivity index (χ4v) is 4.67. The number of anilines is 1. The summed E-state index contributed by atoms with van der Waals surface area (Å²) in [6.07, 6.45) is 0.960. The number of para-hydroxylation sites is 2. The van der Waals surface area contributed by atoms with Crippen LogP contribution in [0.3, 0.4) is 0 Å². The lowest BCUT2D eigenvalue weighted by atomic mass is 10.1. The molecule has 0 saturated heterocycles. The molecule has 0 saturated carbocycles. The number of rotatable bonds is 1. The molecule has 5 nitrogen and oxygen atoms in total. The van der Waals surface area contributed by atoms with E-state index in [9.17, 15) is 0 Å². The number of fused-ring (bicyclic) bond motifs is 5. The third-order valence-electron chi connectivity index (χ3n) is 5.68. The third-order valence-corrected chi connectivity index (χ3v) is 5.96. The molecule has 0 radical (unpaired) electrons. The van der Waals surface area contributed by atoms with E-state index in [2.05, 4.69) is 41.1 Å². The molecule has 1 aliphatic rings. The van der Waals surface area contributed by atoms with Gasteiger partial charge in [-0.05, 0) is 55.4 Å². The van der Waals surface area contributed by atoms with Crippen LogP contribution in [0.5, 0.6) is 5.75 Å². The molecule has 146 valence electrons. The van der Waals surface area contributed by atoms with E-state index in [0.717, 1.165) is 45.2 Å². The highest BCUT2D eigenvalue weighted by atomic mass is 32.1. The van der Waals surface area contributed by atoms with Crippen LogP contribution in [-0.4, -0.2) is 26.2 Å². The van der Waals surface area contributed by atoms with Crippen molar-refractivity contribution in [2.24, 2.45) is 0 Å². The molecule has 5 aromatic rings. The molecule has 0 bridgehead atoms. The summed E-state index contributed by atoms with van der Waals surface area (Å²) in [6, 6.07) is 22.4. The lowest BCUT2D eigenvalue weighted by Crippen LogP contribution is -2.37. The number of nitrogens with one attached hydrogen (secondary N) is 1. The Morgan fingerprint density at radius 2 is 1.87 bits per heavy atom. The van der Waals surface area contributed by atoms with Crippen molar-refractivity contribution in [2.45, 2.75) is 19.4 Å². The van der Waals surface area contributed by atoms with E-state index in [-0.39, 0.29) is 6.04 Å². The van der Waals surface area contributed by atoms with Gasteiger partial charge in [0, 0.05) is 28.7 Å². The summed E-state index contributed by atoms with van der Waals surface area (Å²) in [4.78, 5) is 15.0. The second-order valence-corrected chi connectivity index (χ2v) is 8.01. The van der Waals surface area contributed by atoms with Gasteiger partial charge in [-0.2, -0.15) is 0 Å². The Labute approximate surface area is 178 Å². The number of thiocarbonyl (C=S) groups is 1. The highest BCUT2D eigenvalue weighted by molar-refractivity contribution is 7.80. The summed E-state index contributed by atoms with van der Waals surface area (Å²) in [5.41, 5.74) is 6.69. The van der Waals surface area contributed by atoms with Crippen molar-refractivity contribution in [3.8, 4) is 5.75 Å². The maximum atomic E-state index is 6.10. The minimum Gasteiger partial charge on any atom is -0.431 e. The Balaban J connectivity index is 1.37. The van der Waals surface area contributed by atoms with Crippen LogP contribution in [0.25, 0.3) is 33.1 Å². The summed E-state index contributed by atoms with van der Waals surface area (Å²) in [7, 11) is 0. The van der Waals surface area contributed by atoms with Crippen molar-refractivity contribution >= 4 is 56.2 Å². The minimum atomic E-state index is 0.265. The fraction of sp³-hybridized carbons (Fsp3) is 0.125. The molecule has 1 aliphatic heterocycles. The highest BCUT2D eigenvalue weighted by Crippen LogP contribution is 2.33. The number of aromatic amines is 1. The molecule has 30 heavy (non-hydrogen) atoms. The molecule has 0 unspecified atom stereocenters. The first-order chi connectivity index (χ1) is 14.7. The van der Waals surface area contributed by atoms with Crippen molar-refractivity contribution in [1.82, 2.24) is 15.0 Å². The number of ether oxygens (including phenoxy) is 1. The molecule has 1 N–H and O–H groups in total. The fourth-order valence-electron chi connectivity index (χ4n) is 4.29. The molecule has 0 aliphatic carbocycles. The standard InChI is InChI=1S/C24H18N4OS/c1-14-12-15-6-2-5-9-21(15)28(14)24(30)29-16-10-11-19-20(13-16)25-22-17-7-3-4-8-18(17)26-23(22)27-19/h2-11,13-14H,12H2,1H3,(H,26,27)/t14-/m1/s1. The molecular formula is C24H18N4OS. The number of hydrogen-bond acceptors (Lipinski definition) is 4. The largest absolute Gasteiger partial charge is 0.431 e. The van der Waals surface area contributed by atoms with Gasteiger partial charge in [0.2, 0.25) is 0 Å². The molecule has 3 heterocycles. The summed E-state index contributed by atoms with van der Waals surface area (Å²) in [5.74, 6) is 0.664. The first-order valence-corrected chi connectivity index (χ1v) is 10.4. The van der Waals surface area contributed by atoms with Crippen LogP contribution in [0.4, 0.5) is 5.69 Å². The number of hydrogen-bond donors (Lipinski definition) is 1. The van der Waals surface area contributed by atoms with E-state index in [1.165, 1.54) is 5.56 Å². The van der Waals surface area contributed by atoms with E-state index in [1.807, 2.05) is 42.5 Å². The predicted molar refractivity (Wildman–Crippen MR) is 124 cm³/mol. The lowest BCUT2D eigenvalue weighted by Gasteiger charge is -2.24. The van der Waals surface area contributed by atoms with Gasteiger partial charge in [0.05, 0.1) is 11.0 Å². The molecule has 6 rings (SSSR count). The van der Waals surface area contributed by atoms with Crippen molar-refractivity contribution < 1.29 is 4.74 Å². The van der Waals surface area contributed by atoms with Crippen LogP contribution in [0, 0.1) is 0 Å². The van der Waals surface area contributed by atoms with Gasteiger partial charge in [-0.3, -0.25) is 4.90 Å². The predicted octanol–water partition coefficient (Wildman–Crippen LogP) is 5.38. The summed E-state index contributed by atoms with van der Waals surface area (Å²) in [6.45, 7) is 2.16. The van der Waals surface area contributed by atoms with Crippen molar-refractivity contribution in [1.29, 1.82) is 0 Å². The Hall–Kier alpha value is -3.51. The second kappa shape index (κ2) is 6.50. The van der Waals surface area contributed by atoms with Gasteiger partial charge < -0.3 is 9.72 Å². The van der Waals surface area contributed by atoms with Gasteiger partial charge in [0.15, 0.2) is 5.65 Å². The van der Waals surface area contributed by atoms with Crippen LogP contribution >= 0.6 is 12.2 Å². The molecule has 0 amide bonds. The smallest absolute Gasteiger partial charge is 0.269 e. The van der Waals surface area contributed by atoms with Crippen LogP contribution in [0.2, 0.25) is 0 Å². The van der Waals surface area contributed by atoms with Gasteiger partial charge in [0.25, 0.3) is 5.17 Å². The van der Waals surface area contributed by atoms with Crippen LogP contribution in [-0.2, 0) is 6.42 Å². The van der Waals surface area contributed by atoms with Crippen molar-refractivity contribution in [3.63, 3.8) is 0 Å². The average molecular weight is 411 g/mol. The highest BCUT2D eigenvalue weighted by Gasteiger charge is 2.29. The first-order valence-electron chi connectivity index (χ1n) is 9.94. The van der Waals surface area contributed by atoms with Gasteiger partial charge in [0.1, 0.15) is 11.3 Å². The zero-order chi connectivity index (χ0) is 20.2. The maximum Gasteiger partial charge on any atom is 0.269 e. The molecule has 6 heteroatoms. The van der Waals surface area contributed by atoms with E-state index in [0.29, 0.717) is 10.9 Å². The van der Waals surface area contributed by atoms with Crippen molar-refractivity contribution in [3.05, 3.63) is 72.3 Å². The minimum absolute atomic E-state index is 0.265. The second-order valence-electron chi connectivity index (χ2n) is 7.66. The molecule has 0 fully saturated rings. The lowest BCUT2D eigenvalue weighted by molar-refractivity contribution is 0.539. The Morgan fingerprint density at radius 1 is 1.03 bits per heavy atom. The quantitative estimate of drug-likeness (QED) is 0.376. The normalized spacial score (nSPS) is 15.8. The van der Waals surface area contributed by atoms with E-state index in [4.69, 9.17) is 26.9 Å². The third kappa shape index (κ3) is 2.64. The number of H-pyrrole nitrogens is 1. The van der Waals surface area contributed by atoms with Gasteiger partial charge in [-0.1, -0.05) is 36.4 Å². The number of aromatic nitrogens is 3. The molecule has 0 spiro atoms. The van der Waals surface area contributed by atoms with Gasteiger partial charge in [-0.15, -0.1) is 0 Å².